The van der Waals surface area contributed by atoms with E-state index in [9.17, 15) is 23.5 Å². The number of hydrogen-bond donors (Lipinski definition) is 1. The molecule has 6 nitrogen and oxygen atoms in total. The topological polar surface area (TPSA) is 70.1 Å². The lowest BCUT2D eigenvalue weighted by Gasteiger charge is -2.29. The van der Waals surface area contributed by atoms with Crippen molar-refractivity contribution in [1.82, 2.24) is 9.80 Å². The molecule has 2 heterocycles. The molecular weight excluding hydrogens is 418 g/mol. The number of likely N-dealkylation sites (tertiary alicyclic amines) is 1. The van der Waals surface area contributed by atoms with Crippen LogP contribution in [0.15, 0.2) is 54.1 Å². The van der Waals surface area contributed by atoms with Gasteiger partial charge in [0.1, 0.15) is 17.4 Å². The number of carbonyl (C=O) groups is 2. The highest BCUT2D eigenvalue weighted by Crippen LogP contribution is 2.39. The zero-order chi connectivity index (χ0) is 22.7. The molecule has 2 saturated heterocycles. The van der Waals surface area contributed by atoms with Crippen molar-refractivity contribution in [2.24, 2.45) is 0 Å². The quantitative estimate of drug-likeness (QED) is 0.423. The Kier molecular flexibility index (Phi) is 6.62. The smallest absolute Gasteiger partial charge is 0.295 e. The molecule has 2 aliphatic rings. The largest absolute Gasteiger partial charge is 0.507 e. The number of aliphatic hydroxyl groups excluding tert-OH is 1. The number of rotatable bonds is 6. The lowest BCUT2D eigenvalue weighted by Crippen LogP contribution is -2.38. The number of halogens is 2. The number of aliphatic hydroxyl groups is 1. The SMILES string of the molecule is O=C1C(=O)N(CCCN2CCOCC2)[C@H](c2ccc(F)cc2)/C1=C(\O)c1ccc(F)cc1. The summed E-state index contributed by atoms with van der Waals surface area (Å²) in [6.45, 7) is 3.98. The molecule has 4 rings (SSSR count). The summed E-state index contributed by atoms with van der Waals surface area (Å²) in [5.41, 5.74) is 0.657. The Bertz CT molecular complexity index is 1020. The van der Waals surface area contributed by atoms with Crippen LogP contribution in [0.25, 0.3) is 5.76 Å². The fraction of sp³-hybridized carbons (Fsp3) is 0.333. The maximum absolute atomic E-state index is 13.5. The molecule has 2 aliphatic heterocycles. The Labute approximate surface area is 184 Å². The minimum absolute atomic E-state index is 0.0837. The molecule has 1 N–H and O–H groups in total. The summed E-state index contributed by atoms with van der Waals surface area (Å²) in [7, 11) is 0. The monoisotopic (exact) mass is 442 g/mol. The second-order valence-electron chi connectivity index (χ2n) is 7.86. The van der Waals surface area contributed by atoms with Crippen LogP contribution in [0, 0.1) is 11.6 Å². The predicted molar refractivity (Wildman–Crippen MR) is 114 cm³/mol. The van der Waals surface area contributed by atoms with E-state index >= 15 is 0 Å². The molecule has 168 valence electrons. The average Bonchev–Trinajstić information content (AvgIpc) is 3.05. The zero-order valence-corrected chi connectivity index (χ0v) is 17.5. The molecule has 0 radical (unpaired) electrons. The minimum atomic E-state index is -0.856. The Balaban J connectivity index is 1.66. The normalized spacial score (nSPS) is 21.3. The fourth-order valence-corrected chi connectivity index (χ4v) is 4.15. The van der Waals surface area contributed by atoms with Crippen LogP contribution in [-0.2, 0) is 14.3 Å². The summed E-state index contributed by atoms with van der Waals surface area (Å²) in [6, 6.07) is 9.67. The Hall–Kier alpha value is -3.10. The first-order valence-electron chi connectivity index (χ1n) is 10.6. The van der Waals surface area contributed by atoms with E-state index in [4.69, 9.17) is 4.74 Å². The summed E-state index contributed by atoms with van der Waals surface area (Å²) in [5.74, 6) is -2.84. The molecule has 32 heavy (non-hydrogen) atoms. The van der Waals surface area contributed by atoms with E-state index in [0.29, 0.717) is 31.7 Å². The van der Waals surface area contributed by atoms with Crippen LogP contribution in [0.5, 0.6) is 0 Å². The molecule has 2 fully saturated rings. The van der Waals surface area contributed by atoms with Gasteiger partial charge in [0.25, 0.3) is 11.7 Å². The first-order valence-corrected chi connectivity index (χ1v) is 10.6. The number of Topliss-reactive ketones (excluding diaryl/α,β-unsaturated/α-hetero) is 1. The van der Waals surface area contributed by atoms with Gasteiger partial charge in [0, 0.05) is 31.7 Å². The second kappa shape index (κ2) is 9.58. The molecule has 1 amide bonds. The molecule has 0 spiro atoms. The molecule has 0 aromatic heterocycles. The van der Waals surface area contributed by atoms with Crippen molar-refractivity contribution in [2.45, 2.75) is 12.5 Å². The van der Waals surface area contributed by atoms with Crippen molar-refractivity contribution in [2.75, 3.05) is 39.4 Å². The first-order chi connectivity index (χ1) is 15.5. The van der Waals surface area contributed by atoms with Crippen LogP contribution in [0.1, 0.15) is 23.6 Å². The number of benzene rings is 2. The Morgan fingerprint density at radius 3 is 2.16 bits per heavy atom. The van der Waals surface area contributed by atoms with E-state index in [2.05, 4.69) is 4.90 Å². The van der Waals surface area contributed by atoms with Crippen LogP contribution in [0.4, 0.5) is 8.78 Å². The summed E-state index contributed by atoms with van der Waals surface area (Å²) >= 11 is 0. The highest BCUT2D eigenvalue weighted by atomic mass is 19.1. The van der Waals surface area contributed by atoms with Gasteiger partial charge in [0.15, 0.2) is 0 Å². The van der Waals surface area contributed by atoms with Crippen LogP contribution in [0.2, 0.25) is 0 Å². The molecule has 0 saturated carbocycles. The van der Waals surface area contributed by atoms with Crippen molar-refractivity contribution >= 4 is 17.4 Å². The fourth-order valence-electron chi connectivity index (χ4n) is 4.15. The maximum Gasteiger partial charge on any atom is 0.295 e. The number of ether oxygens (including phenoxy) is 1. The van der Waals surface area contributed by atoms with Gasteiger partial charge in [-0.3, -0.25) is 14.5 Å². The molecular formula is C24H24F2N2O4. The van der Waals surface area contributed by atoms with Gasteiger partial charge in [-0.2, -0.15) is 0 Å². The molecule has 1 atom stereocenters. The third-order valence-corrected chi connectivity index (χ3v) is 5.82. The first kappa shape index (κ1) is 22.1. The summed E-state index contributed by atoms with van der Waals surface area (Å²) in [4.78, 5) is 29.5. The third kappa shape index (κ3) is 4.56. The van der Waals surface area contributed by atoms with Crippen LogP contribution >= 0.6 is 0 Å². The van der Waals surface area contributed by atoms with Crippen molar-refractivity contribution in [3.63, 3.8) is 0 Å². The Morgan fingerprint density at radius 1 is 0.938 bits per heavy atom. The van der Waals surface area contributed by atoms with E-state index in [-0.39, 0.29) is 16.9 Å². The molecule has 0 unspecified atom stereocenters. The zero-order valence-electron chi connectivity index (χ0n) is 17.5. The average molecular weight is 442 g/mol. The molecule has 2 aromatic rings. The van der Waals surface area contributed by atoms with Crippen molar-refractivity contribution < 1.29 is 28.2 Å². The van der Waals surface area contributed by atoms with E-state index in [1.807, 2.05) is 0 Å². The van der Waals surface area contributed by atoms with E-state index in [1.165, 1.54) is 53.4 Å². The Morgan fingerprint density at radius 2 is 1.53 bits per heavy atom. The van der Waals surface area contributed by atoms with Gasteiger partial charge in [0.05, 0.1) is 24.8 Å². The van der Waals surface area contributed by atoms with Crippen LogP contribution in [0.3, 0.4) is 0 Å². The number of ketones is 1. The van der Waals surface area contributed by atoms with Gasteiger partial charge in [-0.1, -0.05) is 12.1 Å². The van der Waals surface area contributed by atoms with Gasteiger partial charge in [-0.25, -0.2) is 8.78 Å². The summed E-state index contributed by atoms with van der Waals surface area (Å²) in [5, 5.41) is 10.9. The van der Waals surface area contributed by atoms with Gasteiger partial charge in [-0.05, 0) is 48.4 Å². The molecule has 8 heteroatoms. The second-order valence-corrected chi connectivity index (χ2v) is 7.86. The number of morpholine rings is 1. The standard InChI is InChI=1S/C24H24F2N2O4/c25-18-6-2-16(3-7-18)21-20(22(29)17-4-8-19(26)9-5-17)23(30)24(31)28(21)11-1-10-27-12-14-32-15-13-27/h2-9,21,29H,1,10-15H2/b22-20+/t21-/m1/s1. The van der Waals surface area contributed by atoms with E-state index in [0.717, 1.165) is 19.6 Å². The lowest BCUT2D eigenvalue weighted by molar-refractivity contribution is -0.140. The van der Waals surface area contributed by atoms with Crippen molar-refractivity contribution in [3.8, 4) is 0 Å². The number of carbonyl (C=O) groups excluding carboxylic acids is 2. The van der Waals surface area contributed by atoms with Gasteiger partial charge >= 0.3 is 0 Å². The minimum Gasteiger partial charge on any atom is -0.507 e. The lowest BCUT2D eigenvalue weighted by atomic mass is 9.95. The maximum atomic E-state index is 13.5. The number of hydrogen-bond acceptors (Lipinski definition) is 5. The molecule has 0 bridgehead atoms. The molecule has 0 aliphatic carbocycles. The van der Waals surface area contributed by atoms with E-state index < -0.39 is 29.4 Å². The highest BCUT2D eigenvalue weighted by molar-refractivity contribution is 6.46. The van der Waals surface area contributed by atoms with Crippen molar-refractivity contribution in [3.05, 3.63) is 76.9 Å². The van der Waals surface area contributed by atoms with Crippen LogP contribution in [-0.4, -0.2) is 66.0 Å². The highest BCUT2D eigenvalue weighted by Gasteiger charge is 2.45. The summed E-state index contributed by atoms with van der Waals surface area (Å²) in [6.07, 6.45) is 0.626. The van der Waals surface area contributed by atoms with Gasteiger partial charge in [0.2, 0.25) is 0 Å². The third-order valence-electron chi connectivity index (χ3n) is 5.82. The predicted octanol–water partition coefficient (Wildman–Crippen LogP) is 3.11. The number of amides is 1. The van der Waals surface area contributed by atoms with Gasteiger partial charge in [-0.15, -0.1) is 0 Å². The van der Waals surface area contributed by atoms with Crippen molar-refractivity contribution in [1.29, 1.82) is 0 Å². The van der Waals surface area contributed by atoms with Crippen LogP contribution < -0.4 is 0 Å². The summed E-state index contributed by atoms with van der Waals surface area (Å²) < 4.78 is 32.2. The van der Waals surface area contributed by atoms with Gasteiger partial charge < -0.3 is 14.7 Å². The molecule has 2 aromatic carbocycles. The van der Waals surface area contributed by atoms with E-state index in [1.54, 1.807) is 0 Å². The number of nitrogens with zero attached hydrogens (tertiary/aromatic N) is 2.